The van der Waals surface area contributed by atoms with Crippen LogP contribution in [0, 0.1) is 6.92 Å². The number of amides is 2. The van der Waals surface area contributed by atoms with Crippen molar-refractivity contribution in [1.29, 1.82) is 0 Å². The van der Waals surface area contributed by atoms with Gasteiger partial charge in [-0.15, -0.1) is 10.2 Å². The van der Waals surface area contributed by atoms with E-state index in [0.29, 0.717) is 16.8 Å². The van der Waals surface area contributed by atoms with Gasteiger partial charge in [0.25, 0.3) is 5.91 Å². The Morgan fingerprint density at radius 2 is 1.93 bits per heavy atom. The average Bonchev–Trinajstić information content (AvgIpc) is 3.19. The van der Waals surface area contributed by atoms with Crippen LogP contribution in [0.3, 0.4) is 0 Å². The zero-order chi connectivity index (χ0) is 19.8. The highest BCUT2D eigenvalue weighted by Crippen LogP contribution is 2.30. The Morgan fingerprint density at radius 1 is 1.11 bits per heavy atom. The van der Waals surface area contributed by atoms with Crippen molar-refractivity contribution in [2.24, 2.45) is 10.2 Å². The van der Waals surface area contributed by atoms with Crippen molar-refractivity contribution in [3.05, 3.63) is 59.2 Å². The maximum absolute atomic E-state index is 12.5. The normalized spacial score (nSPS) is 19.1. The quantitative estimate of drug-likeness (QED) is 0.805. The molecular weight excluding hydrogens is 372 g/mol. The van der Waals surface area contributed by atoms with Gasteiger partial charge < -0.3 is 5.32 Å². The number of thioether (sulfide) groups is 1. The molecule has 0 unspecified atom stereocenters. The van der Waals surface area contributed by atoms with Crippen molar-refractivity contribution >= 4 is 45.8 Å². The molecule has 0 aliphatic carbocycles. The van der Waals surface area contributed by atoms with Crippen LogP contribution >= 0.6 is 11.8 Å². The summed E-state index contributed by atoms with van der Waals surface area (Å²) in [7, 11) is 0. The fourth-order valence-electron chi connectivity index (χ4n) is 3.17. The van der Waals surface area contributed by atoms with Crippen LogP contribution in [0.2, 0.25) is 0 Å². The molecule has 0 bridgehead atoms. The summed E-state index contributed by atoms with van der Waals surface area (Å²) in [4.78, 5) is 26.3. The van der Waals surface area contributed by atoms with E-state index in [-0.39, 0.29) is 17.5 Å². The summed E-state index contributed by atoms with van der Waals surface area (Å²) in [5.41, 5.74) is 4.68. The minimum atomic E-state index is -0.285. The van der Waals surface area contributed by atoms with Gasteiger partial charge in [0.05, 0.1) is 17.1 Å². The highest BCUT2D eigenvalue weighted by atomic mass is 32.2. The van der Waals surface area contributed by atoms with Gasteiger partial charge in [0, 0.05) is 5.56 Å². The van der Waals surface area contributed by atoms with Gasteiger partial charge in [0.1, 0.15) is 0 Å². The molecule has 0 aromatic heterocycles. The van der Waals surface area contributed by atoms with Gasteiger partial charge in [-0.25, -0.2) is 0 Å². The van der Waals surface area contributed by atoms with Gasteiger partial charge in [0.2, 0.25) is 5.91 Å². The Labute approximate surface area is 167 Å². The Bertz CT molecular complexity index is 1040. The second kappa shape index (κ2) is 7.24. The maximum atomic E-state index is 12.5. The number of benzene rings is 2. The lowest BCUT2D eigenvalue weighted by Crippen LogP contribution is -2.29. The number of carbonyl (C=O) groups excluding carboxylic acids is 2. The molecule has 1 N–H and O–H groups in total. The molecule has 0 spiro atoms. The number of nitrogens with one attached hydrogen (secondary N) is 1. The van der Waals surface area contributed by atoms with Crippen LogP contribution < -0.4 is 10.2 Å². The molecular formula is C21H20N4O2S. The van der Waals surface area contributed by atoms with Crippen LogP contribution in [0.1, 0.15) is 36.5 Å². The van der Waals surface area contributed by atoms with E-state index in [4.69, 9.17) is 0 Å². The van der Waals surface area contributed by atoms with E-state index in [2.05, 4.69) is 29.4 Å². The van der Waals surface area contributed by atoms with Gasteiger partial charge in [-0.2, -0.15) is 0 Å². The molecule has 0 atom stereocenters. The van der Waals surface area contributed by atoms with E-state index >= 15 is 0 Å². The maximum Gasteiger partial charge on any atom is 0.276 e. The first kappa shape index (κ1) is 18.4. The van der Waals surface area contributed by atoms with Gasteiger partial charge in [-0.05, 0) is 42.7 Å². The summed E-state index contributed by atoms with van der Waals surface area (Å²) in [6, 6.07) is 13.6. The van der Waals surface area contributed by atoms with Crippen molar-refractivity contribution in [3.8, 4) is 0 Å². The van der Waals surface area contributed by atoms with E-state index in [1.165, 1.54) is 11.8 Å². The zero-order valence-corrected chi connectivity index (χ0v) is 16.7. The van der Waals surface area contributed by atoms with Crippen LogP contribution in [-0.4, -0.2) is 28.4 Å². The Hall–Kier alpha value is -2.93. The largest absolute Gasteiger partial charge is 0.320 e. The van der Waals surface area contributed by atoms with Gasteiger partial charge in [0.15, 0.2) is 10.9 Å². The zero-order valence-electron chi connectivity index (χ0n) is 15.9. The molecule has 2 heterocycles. The standard InChI is InChI=1S/C21H20N4O2S/c1-12(2)14-5-4-6-15(10-14)25-18(26)11-28-21(25)24-23-19-16-9-13(3)7-8-17(16)22-20(19)27/h4-10,12H,11H2,1-3H3,(H,22,23,27). The molecule has 2 aromatic rings. The Balaban J connectivity index is 1.71. The fraction of sp³-hybridized carbons (Fsp3) is 0.238. The first-order valence-corrected chi connectivity index (χ1v) is 10.1. The second-order valence-corrected chi connectivity index (χ2v) is 8.04. The first-order chi connectivity index (χ1) is 13.4. The fourth-order valence-corrected chi connectivity index (χ4v) is 3.99. The minimum absolute atomic E-state index is 0.0445. The average molecular weight is 392 g/mol. The Kier molecular flexibility index (Phi) is 4.77. The highest BCUT2D eigenvalue weighted by Gasteiger charge is 2.31. The number of fused-ring (bicyclic) bond motifs is 1. The predicted molar refractivity (Wildman–Crippen MR) is 114 cm³/mol. The van der Waals surface area contributed by atoms with E-state index in [0.717, 1.165) is 28.1 Å². The van der Waals surface area contributed by atoms with Gasteiger partial charge in [-0.1, -0.05) is 49.4 Å². The van der Waals surface area contributed by atoms with E-state index in [1.807, 2.05) is 49.4 Å². The number of nitrogens with zero attached hydrogens (tertiary/aromatic N) is 3. The van der Waals surface area contributed by atoms with Crippen molar-refractivity contribution in [3.63, 3.8) is 0 Å². The molecule has 0 radical (unpaired) electrons. The van der Waals surface area contributed by atoms with Gasteiger partial charge >= 0.3 is 0 Å². The molecule has 7 heteroatoms. The third-order valence-electron chi connectivity index (χ3n) is 4.69. The third kappa shape index (κ3) is 3.33. The van der Waals surface area contributed by atoms with Crippen LogP contribution in [0.4, 0.5) is 11.4 Å². The molecule has 2 amide bonds. The van der Waals surface area contributed by atoms with Gasteiger partial charge in [-0.3, -0.25) is 14.5 Å². The summed E-state index contributed by atoms with van der Waals surface area (Å²) >= 11 is 1.32. The van der Waals surface area contributed by atoms with Crippen molar-refractivity contribution < 1.29 is 9.59 Å². The van der Waals surface area contributed by atoms with E-state index in [9.17, 15) is 9.59 Å². The predicted octanol–water partition coefficient (Wildman–Crippen LogP) is 3.91. The third-order valence-corrected chi connectivity index (χ3v) is 5.60. The first-order valence-electron chi connectivity index (χ1n) is 9.08. The summed E-state index contributed by atoms with van der Waals surface area (Å²) in [6.45, 7) is 6.18. The van der Waals surface area contributed by atoms with Crippen LogP contribution in [0.25, 0.3) is 0 Å². The molecule has 28 heavy (non-hydrogen) atoms. The molecule has 1 saturated heterocycles. The molecule has 142 valence electrons. The number of rotatable bonds is 3. The number of hydrogen-bond donors (Lipinski definition) is 1. The van der Waals surface area contributed by atoms with Crippen LogP contribution in [0.5, 0.6) is 0 Å². The number of hydrogen-bond acceptors (Lipinski definition) is 5. The number of amidine groups is 1. The lowest BCUT2D eigenvalue weighted by atomic mass is 10.0. The van der Waals surface area contributed by atoms with E-state index in [1.54, 1.807) is 4.90 Å². The Morgan fingerprint density at radius 3 is 2.71 bits per heavy atom. The summed E-state index contributed by atoms with van der Waals surface area (Å²) in [5, 5.41) is 11.8. The summed E-state index contributed by atoms with van der Waals surface area (Å²) < 4.78 is 0. The molecule has 0 saturated carbocycles. The molecule has 6 nitrogen and oxygen atoms in total. The molecule has 2 aliphatic heterocycles. The lowest BCUT2D eigenvalue weighted by molar-refractivity contribution is -0.115. The molecule has 4 rings (SSSR count). The number of carbonyl (C=O) groups is 2. The van der Waals surface area contributed by atoms with Crippen LogP contribution in [-0.2, 0) is 9.59 Å². The van der Waals surface area contributed by atoms with Crippen molar-refractivity contribution in [2.75, 3.05) is 16.0 Å². The molecule has 1 fully saturated rings. The smallest absolute Gasteiger partial charge is 0.276 e. The van der Waals surface area contributed by atoms with Crippen molar-refractivity contribution in [1.82, 2.24) is 0 Å². The van der Waals surface area contributed by atoms with Crippen LogP contribution in [0.15, 0.2) is 52.7 Å². The van der Waals surface area contributed by atoms with Crippen molar-refractivity contribution in [2.45, 2.75) is 26.7 Å². The second-order valence-electron chi connectivity index (χ2n) is 7.10. The monoisotopic (exact) mass is 392 g/mol. The van der Waals surface area contributed by atoms with E-state index < -0.39 is 0 Å². The molecule has 2 aliphatic rings. The number of aryl methyl sites for hydroxylation is 1. The summed E-state index contributed by atoms with van der Waals surface area (Å²) in [6.07, 6.45) is 0. The number of anilines is 2. The molecule has 2 aromatic carbocycles. The summed E-state index contributed by atoms with van der Waals surface area (Å²) in [5.74, 6) is 0.328. The topological polar surface area (TPSA) is 74.1 Å². The highest BCUT2D eigenvalue weighted by molar-refractivity contribution is 8.15. The SMILES string of the molecule is Cc1ccc2c(c1)C(=NN=C1SCC(=O)N1c1cccc(C(C)C)c1)C(=O)N2. The minimum Gasteiger partial charge on any atom is -0.320 e. The lowest BCUT2D eigenvalue weighted by Gasteiger charge is -2.17.